The molecule has 0 heterocycles. The number of rotatable bonds is 6. The molecule has 0 unspecified atom stereocenters. The Labute approximate surface area is 159 Å². The third kappa shape index (κ3) is 4.99. The standard InChI is InChI=1S/C20H23ClN2O3/c1-14(15-8-10-17(21)11-9-15)23(4)20(25)16-6-5-7-18(12-16)26-13-19(24)22(2)3/h5-12,14H,13H2,1-4H3/t14-/m1/s1. The van der Waals surface area contributed by atoms with Gasteiger partial charge in [-0.2, -0.15) is 0 Å². The van der Waals surface area contributed by atoms with Crippen LogP contribution in [0.2, 0.25) is 5.02 Å². The first-order valence-electron chi connectivity index (χ1n) is 8.25. The molecular weight excluding hydrogens is 352 g/mol. The minimum Gasteiger partial charge on any atom is -0.484 e. The van der Waals surface area contributed by atoms with Crippen LogP contribution in [0.4, 0.5) is 0 Å². The van der Waals surface area contributed by atoms with Gasteiger partial charge >= 0.3 is 0 Å². The first-order valence-corrected chi connectivity index (χ1v) is 8.63. The van der Waals surface area contributed by atoms with Crippen LogP contribution in [0.1, 0.15) is 28.9 Å². The average molecular weight is 375 g/mol. The second-order valence-electron chi connectivity index (χ2n) is 6.25. The van der Waals surface area contributed by atoms with Crippen LogP contribution in [-0.2, 0) is 4.79 Å². The van der Waals surface area contributed by atoms with Crippen LogP contribution in [0.5, 0.6) is 5.75 Å². The molecule has 0 aliphatic heterocycles. The summed E-state index contributed by atoms with van der Waals surface area (Å²) >= 11 is 5.92. The third-order valence-corrected chi connectivity index (χ3v) is 4.45. The SMILES string of the molecule is C[C@H](c1ccc(Cl)cc1)N(C)C(=O)c1cccc(OCC(=O)N(C)C)c1. The van der Waals surface area contributed by atoms with E-state index in [4.69, 9.17) is 16.3 Å². The Morgan fingerprint density at radius 2 is 1.73 bits per heavy atom. The highest BCUT2D eigenvalue weighted by atomic mass is 35.5. The van der Waals surface area contributed by atoms with Gasteiger partial charge in [-0.25, -0.2) is 0 Å². The van der Waals surface area contributed by atoms with E-state index in [1.807, 2.05) is 31.2 Å². The van der Waals surface area contributed by atoms with Gasteiger partial charge in [-0.15, -0.1) is 0 Å². The number of halogens is 1. The van der Waals surface area contributed by atoms with E-state index in [9.17, 15) is 9.59 Å². The molecule has 0 N–H and O–H groups in total. The number of amides is 2. The summed E-state index contributed by atoms with van der Waals surface area (Å²) < 4.78 is 5.48. The summed E-state index contributed by atoms with van der Waals surface area (Å²) in [5.74, 6) is 0.214. The molecule has 0 saturated carbocycles. The van der Waals surface area contributed by atoms with Crippen LogP contribution < -0.4 is 4.74 Å². The van der Waals surface area contributed by atoms with E-state index in [0.717, 1.165) is 5.56 Å². The van der Waals surface area contributed by atoms with E-state index in [1.165, 1.54) is 4.90 Å². The molecule has 0 bridgehead atoms. The van der Waals surface area contributed by atoms with Gasteiger partial charge in [0, 0.05) is 31.7 Å². The predicted octanol–water partition coefficient (Wildman–Crippen LogP) is 3.64. The fraction of sp³-hybridized carbons (Fsp3) is 0.300. The number of carbonyl (C=O) groups is 2. The highest BCUT2D eigenvalue weighted by molar-refractivity contribution is 6.30. The minimum atomic E-state index is -0.143. The van der Waals surface area contributed by atoms with Crippen molar-refractivity contribution >= 4 is 23.4 Å². The van der Waals surface area contributed by atoms with Gasteiger partial charge in [-0.05, 0) is 42.8 Å². The Morgan fingerprint density at radius 1 is 1.08 bits per heavy atom. The van der Waals surface area contributed by atoms with Crippen molar-refractivity contribution < 1.29 is 14.3 Å². The van der Waals surface area contributed by atoms with E-state index >= 15 is 0 Å². The maximum absolute atomic E-state index is 12.8. The maximum Gasteiger partial charge on any atom is 0.259 e. The third-order valence-electron chi connectivity index (χ3n) is 4.20. The molecule has 1 atom stereocenters. The molecule has 0 radical (unpaired) electrons. The Morgan fingerprint density at radius 3 is 2.35 bits per heavy atom. The molecule has 2 rings (SSSR count). The summed E-state index contributed by atoms with van der Waals surface area (Å²) in [5.41, 5.74) is 1.50. The molecule has 0 aliphatic rings. The average Bonchev–Trinajstić information content (AvgIpc) is 2.65. The zero-order chi connectivity index (χ0) is 19.3. The summed E-state index contributed by atoms with van der Waals surface area (Å²) in [6.07, 6.45) is 0. The van der Waals surface area contributed by atoms with Crippen LogP contribution in [0.3, 0.4) is 0 Å². The molecule has 26 heavy (non-hydrogen) atoms. The summed E-state index contributed by atoms with van der Waals surface area (Å²) in [6, 6.07) is 14.2. The van der Waals surface area contributed by atoms with E-state index in [2.05, 4.69) is 0 Å². The number of hydrogen-bond acceptors (Lipinski definition) is 3. The molecule has 2 aromatic rings. The quantitative estimate of drug-likeness (QED) is 0.775. The first kappa shape index (κ1) is 19.8. The van der Waals surface area contributed by atoms with E-state index < -0.39 is 0 Å². The highest BCUT2D eigenvalue weighted by Gasteiger charge is 2.19. The molecule has 0 aromatic heterocycles. The van der Waals surface area contributed by atoms with Crippen molar-refractivity contribution in [1.29, 1.82) is 0 Å². The Kier molecular flexibility index (Phi) is 6.64. The van der Waals surface area contributed by atoms with Crippen molar-refractivity contribution in [3.05, 3.63) is 64.7 Å². The molecule has 0 aliphatic carbocycles. The zero-order valence-electron chi connectivity index (χ0n) is 15.4. The molecule has 2 amide bonds. The van der Waals surface area contributed by atoms with Crippen LogP contribution >= 0.6 is 11.6 Å². The van der Waals surface area contributed by atoms with Crippen molar-refractivity contribution in [3.8, 4) is 5.75 Å². The Balaban J connectivity index is 2.09. The van der Waals surface area contributed by atoms with Crippen molar-refractivity contribution in [2.45, 2.75) is 13.0 Å². The van der Waals surface area contributed by atoms with Gasteiger partial charge in [0.25, 0.3) is 11.8 Å². The second kappa shape index (κ2) is 8.72. The maximum atomic E-state index is 12.8. The van der Waals surface area contributed by atoms with Crippen LogP contribution in [-0.4, -0.2) is 49.4 Å². The number of benzene rings is 2. The number of carbonyl (C=O) groups excluding carboxylic acids is 2. The molecule has 0 fully saturated rings. The normalized spacial score (nSPS) is 11.6. The molecular formula is C20H23ClN2O3. The van der Waals surface area contributed by atoms with Crippen molar-refractivity contribution in [1.82, 2.24) is 9.80 Å². The van der Waals surface area contributed by atoms with Gasteiger partial charge in [0.1, 0.15) is 5.75 Å². The van der Waals surface area contributed by atoms with Gasteiger partial charge in [0.15, 0.2) is 6.61 Å². The van der Waals surface area contributed by atoms with Gasteiger partial charge in [-0.1, -0.05) is 29.8 Å². The van der Waals surface area contributed by atoms with Crippen LogP contribution in [0.15, 0.2) is 48.5 Å². The lowest BCUT2D eigenvalue weighted by Crippen LogP contribution is -2.30. The predicted molar refractivity (Wildman–Crippen MR) is 103 cm³/mol. The van der Waals surface area contributed by atoms with Gasteiger partial charge in [0.2, 0.25) is 0 Å². The van der Waals surface area contributed by atoms with Crippen LogP contribution in [0.25, 0.3) is 0 Å². The Bertz CT molecular complexity index is 775. The number of ether oxygens (including phenoxy) is 1. The smallest absolute Gasteiger partial charge is 0.259 e. The first-order chi connectivity index (χ1) is 12.3. The summed E-state index contributed by atoms with van der Waals surface area (Å²) in [4.78, 5) is 27.5. The van der Waals surface area contributed by atoms with Crippen molar-refractivity contribution in [3.63, 3.8) is 0 Å². The highest BCUT2D eigenvalue weighted by Crippen LogP contribution is 2.23. The molecule has 0 saturated heterocycles. The fourth-order valence-electron chi connectivity index (χ4n) is 2.34. The lowest BCUT2D eigenvalue weighted by molar-refractivity contribution is -0.130. The monoisotopic (exact) mass is 374 g/mol. The summed E-state index contributed by atoms with van der Waals surface area (Å²) in [7, 11) is 5.09. The van der Waals surface area contributed by atoms with Gasteiger partial charge in [0.05, 0.1) is 6.04 Å². The summed E-state index contributed by atoms with van der Waals surface area (Å²) in [6.45, 7) is 1.89. The number of nitrogens with zero attached hydrogens (tertiary/aromatic N) is 2. The largest absolute Gasteiger partial charge is 0.484 e. The fourth-order valence-corrected chi connectivity index (χ4v) is 2.46. The second-order valence-corrected chi connectivity index (χ2v) is 6.68. The molecule has 5 nitrogen and oxygen atoms in total. The van der Waals surface area contributed by atoms with Crippen molar-refractivity contribution in [2.24, 2.45) is 0 Å². The lowest BCUT2D eigenvalue weighted by atomic mass is 10.1. The molecule has 138 valence electrons. The van der Waals surface area contributed by atoms with E-state index in [-0.39, 0.29) is 24.5 Å². The molecule has 6 heteroatoms. The molecule has 2 aromatic carbocycles. The van der Waals surface area contributed by atoms with Crippen LogP contribution in [0, 0.1) is 0 Å². The lowest BCUT2D eigenvalue weighted by Gasteiger charge is -2.25. The van der Waals surface area contributed by atoms with Crippen molar-refractivity contribution in [2.75, 3.05) is 27.7 Å². The topological polar surface area (TPSA) is 49.9 Å². The number of likely N-dealkylation sites (N-methyl/N-ethyl adjacent to an activating group) is 1. The van der Waals surface area contributed by atoms with E-state index in [0.29, 0.717) is 16.3 Å². The van der Waals surface area contributed by atoms with Gasteiger partial charge in [-0.3, -0.25) is 9.59 Å². The zero-order valence-corrected chi connectivity index (χ0v) is 16.2. The van der Waals surface area contributed by atoms with E-state index in [1.54, 1.807) is 50.3 Å². The van der Waals surface area contributed by atoms with Gasteiger partial charge < -0.3 is 14.5 Å². The molecule has 0 spiro atoms. The minimum absolute atomic E-state index is 0.0678. The summed E-state index contributed by atoms with van der Waals surface area (Å²) in [5, 5.41) is 0.659. The Hall–Kier alpha value is -2.53. The number of hydrogen-bond donors (Lipinski definition) is 0.